The van der Waals surface area contributed by atoms with E-state index in [2.05, 4.69) is 48.5 Å². The predicted octanol–water partition coefficient (Wildman–Crippen LogP) is 5.57. The van der Waals surface area contributed by atoms with Gasteiger partial charge in [0, 0.05) is 38.7 Å². The molecule has 1 aliphatic heterocycles. The lowest BCUT2D eigenvalue weighted by molar-refractivity contribution is -0.0461. The van der Waals surface area contributed by atoms with Crippen LogP contribution in [0, 0.1) is 11.8 Å². The van der Waals surface area contributed by atoms with Crippen molar-refractivity contribution in [3.8, 4) is 0 Å². The zero-order chi connectivity index (χ0) is 26.7. The summed E-state index contributed by atoms with van der Waals surface area (Å²) in [5.74, 6) is 2.54. The second-order valence-corrected chi connectivity index (χ2v) is 11.3. The van der Waals surface area contributed by atoms with Gasteiger partial charge < -0.3 is 30.1 Å². The maximum absolute atomic E-state index is 11.3. The lowest BCUT2D eigenvalue weighted by Crippen LogP contribution is -2.40. The Bertz CT molecular complexity index is 971. The van der Waals surface area contributed by atoms with Gasteiger partial charge in [-0.15, -0.1) is 0 Å². The third-order valence-electron chi connectivity index (χ3n) is 7.88. The normalized spacial score (nSPS) is 21.0. The number of benzene rings is 1. The molecule has 1 amide bonds. The van der Waals surface area contributed by atoms with Crippen molar-refractivity contribution in [2.45, 2.75) is 76.5 Å². The maximum Gasteiger partial charge on any atom is 0.404 e. The number of piperidine rings is 1. The molecule has 38 heavy (non-hydrogen) atoms. The van der Waals surface area contributed by atoms with Gasteiger partial charge in [-0.2, -0.15) is 8.75 Å². The molecule has 0 radical (unpaired) electrons. The van der Waals surface area contributed by atoms with Gasteiger partial charge in [0.1, 0.15) is 0 Å². The average Bonchev–Trinajstić information content (AvgIpc) is 3.41. The molecule has 1 saturated heterocycles. The number of ether oxygens (including phenoxy) is 2. The quantitative estimate of drug-likeness (QED) is 0.300. The van der Waals surface area contributed by atoms with E-state index in [0.717, 1.165) is 44.0 Å². The number of anilines is 2. The molecule has 1 saturated carbocycles. The lowest BCUT2D eigenvalue weighted by Gasteiger charge is -2.38. The van der Waals surface area contributed by atoms with E-state index in [1.54, 1.807) is 7.11 Å². The molecule has 1 aliphatic carbocycles. The first-order chi connectivity index (χ1) is 18.5. The molecular formula is C28H43N5O4S. The third kappa shape index (κ3) is 8.28. The minimum absolute atomic E-state index is 0.0200. The molecule has 0 spiro atoms. The maximum atomic E-state index is 11.3. The molecule has 1 aromatic carbocycles. The van der Waals surface area contributed by atoms with Crippen LogP contribution in [0.4, 0.5) is 16.4 Å². The summed E-state index contributed by atoms with van der Waals surface area (Å²) in [4.78, 5) is 13.6. The van der Waals surface area contributed by atoms with Crippen molar-refractivity contribution in [3.05, 3.63) is 35.9 Å². The molecule has 4 rings (SSSR count). The summed E-state index contributed by atoms with van der Waals surface area (Å²) in [5.41, 5.74) is 1.18. The SMILES string of the molecule is COC(C)COC(c1ccccc1)C1CCCN(c2nsnc2N[C@@H](CNC(=O)O)CC2CCCCC2)C1. The van der Waals surface area contributed by atoms with E-state index < -0.39 is 6.09 Å². The number of hydrogen-bond acceptors (Lipinski definition) is 8. The number of carboxylic acid groups (broad SMARTS) is 1. The number of methoxy groups -OCH3 is 1. The molecule has 9 nitrogen and oxygen atoms in total. The summed E-state index contributed by atoms with van der Waals surface area (Å²) < 4.78 is 21.2. The van der Waals surface area contributed by atoms with Gasteiger partial charge in [0.2, 0.25) is 0 Å². The smallest absolute Gasteiger partial charge is 0.404 e. The summed E-state index contributed by atoms with van der Waals surface area (Å²) >= 11 is 1.21. The summed E-state index contributed by atoms with van der Waals surface area (Å²) in [6.45, 7) is 4.65. The first-order valence-electron chi connectivity index (χ1n) is 14.0. The van der Waals surface area contributed by atoms with Gasteiger partial charge >= 0.3 is 6.09 Å². The Morgan fingerprint density at radius 3 is 2.68 bits per heavy atom. The molecule has 1 aromatic heterocycles. The summed E-state index contributed by atoms with van der Waals surface area (Å²) in [5, 5.41) is 15.4. The molecular weight excluding hydrogens is 502 g/mol. The zero-order valence-corrected chi connectivity index (χ0v) is 23.5. The molecule has 10 heteroatoms. The number of amides is 1. The van der Waals surface area contributed by atoms with Gasteiger partial charge in [0.15, 0.2) is 11.6 Å². The Morgan fingerprint density at radius 1 is 1.16 bits per heavy atom. The van der Waals surface area contributed by atoms with Gasteiger partial charge in [-0.05, 0) is 37.7 Å². The van der Waals surface area contributed by atoms with Crippen molar-refractivity contribution in [2.24, 2.45) is 11.8 Å². The predicted molar refractivity (Wildman–Crippen MR) is 151 cm³/mol. The number of carbonyl (C=O) groups is 1. The molecule has 2 fully saturated rings. The Labute approximate surface area is 230 Å². The van der Waals surface area contributed by atoms with Gasteiger partial charge in [0.05, 0.1) is 30.5 Å². The van der Waals surface area contributed by atoms with Crippen LogP contribution in [0.1, 0.15) is 70.0 Å². The summed E-state index contributed by atoms with van der Waals surface area (Å²) in [7, 11) is 1.71. The molecule has 210 valence electrons. The van der Waals surface area contributed by atoms with Crippen LogP contribution in [-0.2, 0) is 9.47 Å². The van der Waals surface area contributed by atoms with E-state index in [1.807, 2.05) is 13.0 Å². The fraction of sp³-hybridized carbons (Fsp3) is 0.679. The minimum Gasteiger partial charge on any atom is -0.465 e. The van der Waals surface area contributed by atoms with E-state index in [4.69, 9.17) is 9.47 Å². The molecule has 0 bridgehead atoms. The van der Waals surface area contributed by atoms with Crippen molar-refractivity contribution >= 4 is 29.5 Å². The molecule has 4 atom stereocenters. The third-order valence-corrected chi connectivity index (χ3v) is 8.40. The van der Waals surface area contributed by atoms with E-state index in [9.17, 15) is 9.90 Å². The first kappa shape index (κ1) is 28.6. The van der Waals surface area contributed by atoms with Gasteiger partial charge in [0.25, 0.3) is 0 Å². The Hall–Kier alpha value is -2.43. The van der Waals surface area contributed by atoms with Gasteiger partial charge in [-0.1, -0.05) is 62.4 Å². The second kappa shape index (κ2) is 14.6. The van der Waals surface area contributed by atoms with Crippen LogP contribution >= 0.6 is 11.7 Å². The van der Waals surface area contributed by atoms with Crippen molar-refractivity contribution in [2.75, 3.05) is 43.6 Å². The van der Waals surface area contributed by atoms with E-state index in [0.29, 0.717) is 25.0 Å². The minimum atomic E-state index is -0.995. The Morgan fingerprint density at radius 2 is 1.95 bits per heavy atom. The van der Waals surface area contributed by atoms with Gasteiger partial charge in [-0.25, -0.2) is 4.79 Å². The van der Waals surface area contributed by atoms with E-state index >= 15 is 0 Å². The largest absolute Gasteiger partial charge is 0.465 e. The van der Waals surface area contributed by atoms with Gasteiger partial charge in [-0.3, -0.25) is 0 Å². The first-order valence-corrected chi connectivity index (χ1v) is 14.8. The summed E-state index contributed by atoms with van der Waals surface area (Å²) in [6, 6.07) is 10.4. The van der Waals surface area contributed by atoms with Crippen LogP contribution in [0.25, 0.3) is 0 Å². The summed E-state index contributed by atoms with van der Waals surface area (Å²) in [6.07, 6.45) is 8.30. The van der Waals surface area contributed by atoms with Crippen LogP contribution < -0.4 is 15.5 Å². The highest BCUT2D eigenvalue weighted by Crippen LogP contribution is 2.37. The van der Waals surface area contributed by atoms with Crippen LogP contribution in [0.5, 0.6) is 0 Å². The zero-order valence-electron chi connectivity index (χ0n) is 22.7. The Kier molecular flexibility index (Phi) is 11.0. The van der Waals surface area contributed by atoms with Crippen LogP contribution in [0.2, 0.25) is 0 Å². The number of aromatic nitrogens is 2. The average molecular weight is 546 g/mol. The van der Waals surface area contributed by atoms with Crippen LogP contribution in [0.3, 0.4) is 0 Å². The van der Waals surface area contributed by atoms with Crippen LogP contribution in [-0.4, -0.2) is 65.4 Å². The molecule has 2 aliphatic rings. The topological polar surface area (TPSA) is 109 Å². The number of rotatable bonds is 13. The van der Waals surface area contributed by atoms with Crippen molar-refractivity contribution in [1.82, 2.24) is 14.1 Å². The Balaban J connectivity index is 1.46. The second-order valence-electron chi connectivity index (χ2n) is 10.8. The fourth-order valence-corrected chi connectivity index (χ4v) is 6.34. The lowest BCUT2D eigenvalue weighted by atomic mass is 9.85. The van der Waals surface area contributed by atoms with Crippen molar-refractivity contribution in [3.63, 3.8) is 0 Å². The molecule has 2 heterocycles. The van der Waals surface area contributed by atoms with E-state index in [1.165, 1.54) is 49.4 Å². The number of hydrogen-bond donors (Lipinski definition) is 3. The van der Waals surface area contributed by atoms with Crippen LogP contribution in [0.15, 0.2) is 30.3 Å². The van der Waals surface area contributed by atoms with Crippen molar-refractivity contribution < 1.29 is 19.4 Å². The number of nitrogens with zero attached hydrogens (tertiary/aromatic N) is 3. The van der Waals surface area contributed by atoms with E-state index in [-0.39, 0.29) is 18.2 Å². The molecule has 2 aromatic rings. The highest BCUT2D eigenvalue weighted by atomic mass is 32.1. The fourth-order valence-electron chi connectivity index (χ4n) is 5.81. The highest BCUT2D eigenvalue weighted by Gasteiger charge is 2.32. The molecule has 3 unspecified atom stereocenters. The number of nitrogens with one attached hydrogen (secondary N) is 2. The monoisotopic (exact) mass is 545 g/mol. The highest BCUT2D eigenvalue weighted by molar-refractivity contribution is 6.99. The standard InChI is InChI=1S/C28H43N5O4S/c1-20(36-2)19-37-25(22-12-7-4-8-13-22)23-14-9-15-33(18-23)27-26(31-38-32-27)30-24(17-29-28(34)35)16-21-10-5-3-6-11-21/h4,7-8,12-13,20-21,23-25,29H,3,5-6,9-11,14-19H2,1-2H3,(H,30,31)(H,34,35)/t20?,23?,24-,25?/m1/s1. The molecule has 3 N–H and O–H groups in total. The van der Waals surface area contributed by atoms with Crippen molar-refractivity contribution in [1.29, 1.82) is 0 Å².